The number of hydrogen-bond acceptors (Lipinski definition) is 4. The molecule has 2 unspecified atom stereocenters. The summed E-state index contributed by atoms with van der Waals surface area (Å²) in [5.41, 5.74) is 1.01. The minimum Gasteiger partial charge on any atom is -0.357 e. The second kappa shape index (κ2) is 6.34. The summed E-state index contributed by atoms with van der Waals surface area (Å²) >= 11 is 0. The standard InChI is InChI=1S/C17H23NO4S/c1-12-7-9-14(10-8-12)23(20,21)18-15-5-3-4-6-16(15)22-17(18)11-13(2)19/h7-10,15-17H,3-6,11H2,1-2H3/t15?,16?,17-/m0/s1. The van der Waals surface area contributed by atoms with Gasteiger partial charge in [-0.25, -0.2) is 8.42 Å². The quantitative estimate of drug-likeness (QED) is 0.847. The van der Waals surface area contributed by atoms with E-state index in [-0.39, 0.29) is 29.2 Å². The third-order valence-corrected chi connectivity index (χ3v) is 6.60. The topological polar surface area (TPSA) is 63.7 Å². The molecule has 0 radical (unpaired) electrons. The highest BCUT2D eigenvalue weighted by Crippen LogP contribution is 2.39. The van der Waals surface area contributed by atoms with Crippen LogP contribution in [0.1, 0.15) is 44.6 Å². The molecule has 2 aliphatic rings. The van der Waals surface area contributed by atoms with Crippen LogP contribution in [0.3, 0.4) is 0 Å². The molecule has 3 atom stereocenters. The maximum Gasteiger partial charge on any atom is 0.245 e. The minimum absolute atomic E-state index is 0.0576. The Balaban J connectivity index is 1.97. The van der Waals surface area contributed by atoms with Gasteiger partial charge in [0.2, 0.25) is 10.0 Å². The molecule has 3 rings (SSSR count). The molecule has 0 bridgehead atoms. The van der Waals surface area contributed by atoms with Crippen molar-refractivity contribution in [3.63, 3.8) is 0 Å². The maximum absolute atomic E-state index is 13.1. The van der Waals surface area contributed by atoms with Crippen molar-refractivity contribution in [1.82, 2.24) is 4.31 Å². The van der Waals surface area contributed by atoms with Crippen molar-refractivity contribution < 1.29 is 17.9 Å². The minimum atomic E-state index is -3.66. The molecular weight excluding hydrogens is 314 g/mol. The smallest absolute Gasteiger partial charge is 0.245 e. The first kappa shape index (κ1) is 16.6. The third kappa shape index (κ3) is 3.20. The summed E-state index contributed by atoms with van der Waals surface area (Å²) in [7, 11) is -3.66. The summed E-state index contributed by atoms with van der Waals surface area (Å²) in [5, 5.41) is 0. The molecule has 2 fully saturated rings. The Kier molecular flexibility index (Phi) is 4.58. The summed E-state index contributed by atoms with van der Waals surface area (Å²) in [6.07, 6.45) is 3.05. The number of hydrogen-bond donors (Lipinski definition) is 0. The van der Waals surface area contributed by atoms with Crippen molar-refractivity contribution in [2.75, 3.05) is 0 Å². The van der Waals surface area contributed by atoms with Gasteiger partial charge in [0.25, 0.3) is 0 Å². The van der Waals surface area contributed by atoms with Crippen molar-refractivity contribution in [1.29, 1.82) is 0 Å². The molecule has 5 nitrogen and oxygen atoms in total. The number of ketones is 1. The number of carbonyl (C=O) groups is 1. The number of sulfonamides is 1. The molecule has 1 aromatic carbocycles. The van der Waals surface area contributed by atoms with Gasteiger partial charge in [-0.05, 0) is 38.8 Å². The Labute approximate surface area is 137 Å². The van der Waals surface area contributed by atoms with E-state index in [1.807, 2.05) is 6.92 Å². The number of benzene rings is 1. The SMILES string of the molecule is CC(=O)C[C@@H]1OC2CCCCC2N1S(=O)(=O)c1ccc(C)cc1. The van der Waals surface area contributed by atoms with Gasteiger partial charge in [-0.15, -0.1) is 0 Å². The molecule has 1 aromatic rings. The van der Waals surface area contributed by atoms with E-state index in [1.54, 1.807) is 24.3 Å². The summed E-state index contributed by atoms with van der Waals surface area (Å²) in [5.74, 6) is -0.0576. The lowest BCUT2D eigenvalue weighted by Crippen LogP contribution is -2.44. The van der Waals surface area contributed by atoms with Crippen LogP contribution in [-0.2, 0) is 19.6 Å². The Morgan fingerprint density at radius 1 is 1.22 bits per heavy atom. The van der Waals surface area contributed by atoms with Crippen molar-refractivity contribution in [2.24, 2.45) is 0 Å². The number of fused-ring (bicyclic) bond motifs is 1. The van der Waals surface area contributed by atoms with Gasteiger partial charge in [-0.3, -0.25) is 4.79 Å². The lowest BCUT2D eigenvalue weighted by atomic mass is 9.93. The van der Waals surface area contributed by atoms with Crippen LogP contribution in [0.4, 0.5) is 0 Å². The monoisotopic (exact) mass is 337 g/mol. The summed E-state index contributed by atoms with van der Waals surface area (Å²) < 4.78 is 33.7. The van der Waals surface area contributed by atoms with Crippen molar-refractivity contribution in [3.05, 3.63) is 29.8 Å². The largest absolute Gasteiger partial charge is 0.357 e. The highest BCUT2D eigenvalue weighted by molar-refractivity contribution is 7.89. The molecule has 1 saturated heterocycles. The summed E-state index contributed by atoms with van der Waals surface area (Å²) in [4.78, 5) is 11.8. The zero-order valence-electron chi connectivity index (χ0n) is 13.6. The van der Waals surface area contributed by atoms with E-state index in [9.17, 15) is 13.2 Å². The number of aryl methyl sites for hydroxylation is 1. The van der Waals surface area contributed by atoms with Crippen LogP contribution in [0.15, 0.2) is 29.2 Å². The van der Waals surface area contributed by atoms with Crippen LogP contribution in [0, 0.1) is 6.92 Å². The van der Waals surface area contributed by atoms with E-state index in [4.69, 9.17) is 4.74 Å². The fraction of sp³-hybridized carbons (Fsp3) is 0.588. The van der Waals surface area contributed by atoms with Gasteiger partial charge in [-0.2, -0.15) is 4.31 Å². The van der Waals surface area contributed by atoms with Crippen LogP contribution in [0.2, 0.25) is 0 Å². The van der Waals surface area contributed by atoms with Gasteiger partial charge in [0.05, 0.1) is 17.0 Å². The molecule has 23 heavy (non-hydrogen) atoms. The molecule has 1 aliphatic heterocycles. The fourth-order valence-electron chi connectivity index (χ4n) is 3.55. The van der Waals surface area contributed by atoms with E-state index >= 15 is 0 Å². The van der Waals surface area contributed by atoms with Crippen LogP contribution in [-0.4, -0.2) is 36.9 Å². The Bertz CT molecular complexity index is 683. The average Bonchev–Trinajstić information content (AvgIpc) is 2.85. The average molecular weight is 337 g/mol. The van der Waals surface area contributed by atoms with Crippen molar-refractivity contribution in [3.8, 4) is 0 Å². The number of nitrogens with zero attached hydrogens (tertiary/aromatic N) is 1. The van der Waals surface area contributed by atoms with E-state index in [2.05, 4.69) is 0 Å². The van der Waals surface area contributed by atoms with Gasteiger partial charge in [0.1, 0.15) is 12.0 Å². The molecule has 0 aromatic heterocycles. The normalized spacial score (nSPS) is 28.5. The lowest BCUT2D eigenvalue weighted by Gasteiger charge is -2.30. The number of Topliss-reactive ketones (excluding diaryl/α,β-unsaturated/α-hetero) is 1. The molecule has 0 amide bonds. The lowest BCUT2D eigenvalue weighted by molar-refractivity contribution is -0.120. The zero-order valence-corrected chi connectivity index (χ0v) is 14.4. The third-order valence-electron chi connectivity index (χ3n) is 4.67. The fourth-order valence-corrected chi connectivity index (χ4v) is 5.31. The molecule has 1 heterocycles. The van der Waals surface area contributed by atoms with E-state index in [0.717, 1.165) is 31.2 Å². The molecule has 6 heteroatoms. The Morgan fingerprint density at radius 2 is 1.87 bits per heavy atom. The molecular formula is C17H23NO4S. The van der Waals surface area contributed by atoms with Gasteiger partial charge >= 0.3 is 0 Å². The second-order valence-electron chi connectivity index (χ2n) is 6.54. The van der Waals surface area contributed by atoms with E-state index < -0.39 is 16.3 Å². The molecule has 126 valence electrons. The van der Waals surface area contributed by atoms with E-state index in [0.29, 0.717) is 0 Å². The number of rotatable bonds is 4. The maximum atomic E-state index is 13.1. The molecule has 0 N–H and O–H groups in total. The summed E-state index contributed by atoms with van der Waals surface area (Å²) in [6.45, 7) is 3.40. The molecule has 1 aliphatic carbocycles. The van der Waals surface area contributed by atoms with Crippen molar-refractivity contribution in [2.45, 2.75) is 69.2 Å². The van der Waals surface area contributed by atoms with Crippen LogP contribution < -0.4 is 0 Å². The first-order valence-electron chi connectivity index (χ1n) is 8.14. The van der Waals surface area contributed by atoms with Gasteiger partial charge in [0.15, 0.2) is 0 Å². The van der Waals surface area contributed by atoms with Gasteiger partial charge < -0.3 is 4.74 Å². The van der Waals surface area contributed by atoms with Gasteiger partial charge in [-0.1, -0.05) is 30.5 Å². The summed E-state index contributed by atoms with van der Waals surface area (Å²) in [6, 6.07) is 6.70. The number of ether oxygens (including phenoxy) is 1. The first-order valence-corrected chi connectivity index (χ1v) is 9.59. The zero-order chi connectivity index (χ0) is 16.6. The predicted octanol–water partition coefficient (Wildman–Crippen LogP) is 2.63. The van der Waals surface area contributed by atoms with E-state index in [1.165, 1.54) is 11.2 Å². The van der Waals surface area contributed by atoms with Crippen LogP contribution in [0.25, 0.3) is 0 Å². The van der Waals surface area contributed by atoms with Crippen LogP contribution in [0.5, 0.6) is 0 Å². The molecule has 1 saturated carbocycles. The van der Waals surface area contributed by atoms with Gasteiger partial charge in [0, 0.05) is 6.42 Å². The first-order chi connectivity index (χ1) is 10.9. The Hall–Kier alpha value is -1.24. The highest BCUT2D eigenvalue weighted by atomic mass is 32.2. The predicted molar refractivity (Wildman–Crippen MR) is 86.4 cm³/mol. The van der Waals surface area contributed by atoms with Crippen LogP contribution >= 0.6 is 0 Å². The second-order valence-corrected chi connectivity index (χ2v) is 8.38. The van der Waals surface area contributed by atoms with Crippen molar-refractivity contribution >= 4 is 15.8 Å². The Morgan fingerprint density at radius 3 is 2.52 bits per heavy atom. The molecule has 0 spiro atoms. The number of carbonyl (C=O) groups excluding carboxylic acids is 1. The highest BCUT2D eigenvalue weighted by Gasteiger charge is 2.49.